The third-order valence-electron chi connectivity index (χ3n) is 5.15. The Kier molecular flexibility index (Phi) is 4.03. The molecule has 0 radical (unpaired) electrons. The summed E-state index contributed by atoms with van der Waals surface area (Å²) in [5, 5.41) is 3.79. The van der Waals surface area contributed by atoms with Crippen molar-refractivity contribution in [2.45, 2.75) is 31.9 Å². The summed E-state index contributed by atoms with van der Waals surface area (Å²) >= 11 is 0. The fraction of sp³-hybridized carbons (Fsp3) is 0.421. The van der Waals surface area contributed by atoms with Gasteiger partial charge in [0.2, 0.25) is 5.76 Å². The third kappa shape index (κ3) is 2.78. The first kappa shape index (κ1) is 16.8. The zero-order valence-corrected chi connectivity index (χ0v) is 14.8. The van der Waals surface area contributed by atoms with E-state index in [4.69, 9.17) is 9.26 Å². The maximum atomic E-state index is 12.7. The molecule has 2 amide bonds. The molecule has 1 aromatic heterocycles. The number of piperidine rings is 1. The number of hydrogen-bond donors (Lipinski definition) is 0. The van der Waals surface area contributed by atoms with Crippen LogP contribution in [0.25, 0.3) is 0 Å². The molecule has 26 heavy (non-hydrogen) atoms. The zero-order chi connectivity index (χ0) is 18.3. The van der Waals surface area contributed by atoms with Crippen molar-refractivity contribution in [2.75, 3.05) is 24.6 Å². The average Bonchev–Trinajstić information content (AvgIpc) is 3.08. The van der Waals surface area contributed by atoms with Crippen molar-refractivity contribution in [3.63, 3.8) is 0 Å². The molecule has 0 spiro atoms. The lowest BCUT2D eigenvalue weighted by Crippen LogP contribution is -2.68. The molecule has 2 saturated heterocycles. The van der Waals surface area contributed by atoms with E-state index in [1.54, 1.807) is 17.9 Å². The van der Waals surface area contributed by atoms with Crippen molar-refractivity contribution in [2.24, 2.45) is 0 Å². The SMILES string of the molecule is Cc1cc(C(=O)N2CC[C@H]3N(c4ccccc4)C(=O)CO[C@]3(C)C2)on1. The van der Waals surface area contributed by atoms with Crippen LogP contribution in [0.4, 0.5) is 5.69 Å². The van der Waals surface area contributed by atoms with Crippen LogP contribution in [0.3, 0.4) is 0 Å². The molecular formula is C19H21N3O4. The van der Waals surface area contributed by atoms with Gasteiger partial charge >= 0.3 is 0 Å². The van der Waals surface area contributed by atoms with E-state index in [0.29, 0.717) is 25.2 Å². The summed E-state index contributed by atoms with van der Waals surface area (Å²) in [7, 11) is 0. The molecule has 0 aliphatic carbocycles. The standard InChI is InChI=1S/C19H21N3O4/c1-13-10-15(26-20-13)18(24)21-9-8-16-19(2,12-21)25-11-17(23)22(16)14-6-4-3-5-7-14/h3-7,10,16H,8-9,11-12H2,1-2H3/t16-,19-/m1/s1. The highest BCUT2D eigenvalue weighted by atomic mass is 16.5. The van der Waals surface area contributed by atoms with Gasteiger partial charge in [0.15, 0.2) is 0 Å². The lowest BCUT2D eigenvalue weighted by molar-refractivity contribution is -0.149. The molecule has 7 nitrogen and oxygen atoms in total. The maximum absolute atomic E-state index is 12.7. The van der Waals surface area contributed by atoms with Crippen LogP contribution in [0.1, 0.15) is 29.6 Å². The molecule has 0 bridgehead atoms. The first-order valence-electron chi connectivity index (χ1n) is 8.71. The summed E-state index contributed by atoms with van der Waals surface area (Å²) in [5.41, 5.74) is 0.902. The Balaban J connectivity index is 1.59. The van der Waals surface area contributed by atoms with Gasteiger partial charge in [0.05, 0.1) is 18.3 Å². The van der Waals surface area contributed by atoms with Crippen LogP contribution < -0.4 is 4.90 Å². The Morgan fingerprint density at radius 3 is 2.77 bits per heavy atom. The molecule has 2 aliphatic heterocycles. The first-order chi connectivity index (χ1) is 12.5. The van der Waals surface area contributed by atoms with E-state index in [1.165, 1.54) is 0 Å². The number of aryl methyl sites for hydroxylation is 1. The summed E-state index contributed by atoms with van der Waals surface area (Å²) in [5.74, 6) is -0.0160. The van der Waals surface area contributed by atoms with Crippen molar-refractivity contribution in [1.82, 2.24) is 10.1 Å². The van der Waals surface area contributed by atoms with E-state index < -0.39 is 5.60 Å². The van der Waals surface area contributed by atoms with E-state index in [-0.39, 0.29) is 30.2 Å². The molecule has 4 rings (SSSR count). The van der Waals surface area contributed by atoms with Gasteiger partial charge in [-0.05, 0) is 32.4 Å². The van der Waals surface area contributed by atoms with Gasteiger partial charge in [-0.1, -0.05) is 23.4 Å². The average molecular weight is 355 g/mol. The minimum Gasteiger partial charge on any atom is -0.361 e. The summed E-state index contributed by atoms with van der Waals surface area (Å²) in [4.78, 5) is 28.8. The van der Waals surface area contributed by atoms with Gasteiger partial charge < -0.3 is 19.1 Å². The highest BCUT2D eigenvalue weighted by Gasteiger charge is 2.50. The predicted molar refractivity (Wildman–Crippen MR) is 93.8 cm³/mol. The maximum Gasteiger partial charge on any atom is 0.292 e. The van der Waals surface area contributed by atoms with Crippen LogP contribution in [-0.2, 0) is 9.53 Å². The number of aromatic nitrogens is 1. The molecule has 2 atom stereocenters. The molecule has 2 aliphatic rings. The van der Waals surface area contributed by atoms with Gasteiger partial charge in [0.25, 0.3) is 11.8 Å². The number of likely N-dealkylation sites (tertiary alicyclic amines) is 1. The quantitative estimate of drug-likeness (QED) is 0.824. The number of amides is 2. The van der Waals surface area contributed by atoms with Gasteiger partial charge in [-0.25, -0.2) is 0 Å². The zero-order valence-electron chi connectivity index (χ0n) is 14.8. The van der Waals surface area contributed by atoms with E-state index in [0.717, 1.165) is 5.69 Å². The predicted octanol–water partition coefficient (Wildman–Crippen LogP) is 2.02. The number of carbonyl (C=O) groups excluding carboxylic acids is 2. The van der Waals surface area contributed by atoms with Gasteiger partial charge in [-0.3, -0.25) is 9.59 Å². The van der Waals surface area contributed by atoms with Crippen molar-refractivity contribution >= 4 is 17.5 Å². The number of morpholine rings is 1. The summed E-state index contributed by atoms with van der Waals surface area (Å²) < 4.78 is 11.0. The van der Waals surface area contributed by atoms with E-state index in [2.05, 4.69) is 5.16 Å². The van der Waals surface area contributed by atoms with Crippen LogP contribution >= 0.6 is 0 Å². The Bertz CT molecular complexity index is 834. The van der Waals surface area contributed by atoms with Crippen LogP contribution in [0.2, 0.25) is 0 Å². The summed E-state index contributed by atoms with van der Waals surface area (Å²) in [6.07, 6.45) is 0.635. The monoisotopic (exact) mass is 355 g/mol. The number of carbonyl (C=O) groups is 2. The topological polar surface area (TPSA) is 75.9 Å². The molecule has 2 fully saturated rings. The number of hydrogen-bond acceptors (Lipinski definition) is 5. The van der Waals surface area contributed by atoms with Gasteiger partial charge in [0.1, 0.15) is 12.2 Å². The Morgan fingerprint density at radius 1 is 1.31 bits per heavy atom. The summed E-state index contributed by atoms with van der Waals surface area (Å²) in [6.45, 7) is 4.67. The molecule has 1 aromatic carbocycles. The lowest BCUT2D eigenvalue weighted by Gasteiger charge is -2.52. The second kappa shape index (κ2) is 6.25. The minimum atomic E-state index is -0.632. The molecule has 0 unspecified atom stereocenters. The van der Waals surface area contributed by atoms with Crippen LogP contribution in [0.15, 0.2) is 40.9 Å². The van der Waals surface area contributed by atoms with Gasteiger partial charge in [-0.15, -0.1) is 0 Å². The highest BCUT2D eigenvalue weighted by Crippen LogP contribution is 2.36. The normalized spacial score (nSPS) is 25.9. The molecular weight excluding hydrogens is 334 g/mol. The fourth-order valence-electron chi connectivity index (χ4n) is 3.87. The molecule has 7 heteroatoms. The van der Waals surface area contributed by atoms with E-state index in [9.17, 15) is 9.59 Å². The van der Waals surface area contributed by atoms with Gasteiger partial charge in [-0.2, -0.15) is 0 Å². The van der Waals surface area contributed by atoms with Crippen LogP contribution in [0.5, 0.6) is 0 Å². The Labute approximate surface area is 151 Å². The molecule has 2 aromatic rings. The fourth-order valence-corrected chi connectivity index (χ4v) is 3.87. The van der Waals surface area contributed by atoms with Crippen LogP contribution in [-0.4, -0.2) is 53.2 Å². The molecule has 136 valence electrons. The largest absolute Gasteiger partial charge is 0.361 e. The number of para-hydroxylation sites is 1. The number of rotatable bonds is 2. The molecule has 3 heterocycles. The number of nitrogens with zero attached hydrogens (tertiary/aromatic N) is 3. The number of fused-ring (bicyclic) bond motifs is 1. The van der Waals surface area contributed by atoms with E-state index in [1.807, 2.05) is 42.2 Å². The number of benzene rings is 1. The smallest absolute Gasteiger partial charge is 0.292 e. The third-order valence-corrected chi connectivity index (χ3v) is 5.15. The minimum absolute atomic E-state index is 0.00530. The van der Waals surface area contributed by atoms with Crippen molar-refractivity contribution in [1.29, 1.82) is 0 Å². The molecule has 0 saturated carbocycles. The highest BCUT2D eigenvalue weighted by molar-refractivity contribution is 5.96. The lowest BCUT2D eigenvalue weighted by atomic mass is 9.85. The van der Waals surface area contributed by atoms with E-state index >= 15 is 0 Å². The van der Waals surface area contributed by atoms with Crippen molar-refractivity contribution in [3.05, 3.63) is 47.9 Å². The summed E-state index contributed by atoms with van der Waals surface area (Å²) in [6, 6.07) is 11.1. The van der Waals surface area contributed by atoms with Crippen molar-refractivity contribution in [3.8, 4) is 0 Å². The first-order valence-corrected chi connectivity index (χ1v) is 8.71. The number of ether oxygens (including phenoxy) is 1. The Morgan fingerprint density at radius 2 is 2.08 bits per heavy atom. The second-order valence-electron chi connectivity index (χ2n) is 7.06. The number of anilines is 1. The van der Waals surface area contributed by atoms with Crippen LogP contribution in [0, 0.1) is 6.92 Å². The van der Waals surface area contributed by atoms with Gasteiger partial charge in [0, 0.05) is 18.3 Å². The second-order valence-corrected chi connectivity index (χ2v) is 7.06. The van der Waals surface area contributed by atoms with Crippen molar-refractivity contribution < 1.29 is 18.8 Å². The Hall–Kier alpha value is -2.67. The molecule has 0 N–H and O–H groups in total.